The molecule has 4 rings (SSSR count). The van der Waals surface area contributed by atoms with E-state index in [0.29, 0.717) is 18.8 Å². The van der Waals surface area contributed by atoms with Gasteiger partial charge in [0.25, 0.3) is 5.56 Å². The average molecular weight is 478 g/mol. The van der Waals surface area contributed by atoms with Crippen LogP contribution in [0, 0.1) is 0 Å². The standard InChI is InChI=1S/C20H24N6O.C2HF3O2/c27-19-14-18(5-10-26-9-2-6-22-26)23-20(24-19)17-4-1-3-16(13-17)15-25-11-7-21-8-12-25;3-2(4,5)1(6)7/h1-4,6,9,13-14,21H,5,7-8,10-12,15H2,(H,23,24,27);(H,6,7). The highest BCUT2D eigenvalue weighted by atomic mass is 19.4. The molecule has 34 heavy (non-hydrogen) atoms. The van der Waals surface area contributed by atoms with Gasteiger partial charge in [0.1, 0.15) is 5.82 Å². The first-order chi connectivity index (χ1) is 16.2. The maximum atomic E-state index is 12.1. The predicted octanol–water partition coefficient (Wildman–Crippen LogP) is 1.91. The Labute approximate surface area is 193 Å². The van der Waals surface area contributed by atoms with Crippen LogP contribution in [0.3, 0.4) is 0 Å². The number of aliphatic carboxylic acids is 1. The topological polar surface area (TPSA) is 116 Å². The Bertz CT molecular complexity index is 1130. The van der Waals surface area contributed by atoms with Crippen molar-refractivity contribution in [3.05, 3.63) is 70.4 Å². The molecule has 0 saturated carbocycles. The van der Waals surface area contributed by atoms with Gasteiger partial charge in [-0.25, -0.2) is 9.78 Å². The summed E-state index contributed by atoms with van der Waals surface area (Å²) in [4.78, 5) is 31.0. The summed E-state index contributed by atoms with van der Waals surface area (Å²) >= 11 is 0. The van der Waals surface area contributed by atoms with E-state index in [1.807, 2.05) is 29.1 Å². The molecule has 1 saturated heterocycles. The summed E-state index contributed by atoms with van der Waals surface area (Å²) in [5, 5.41) is 14.7. The smallest absolute Gasteiger partial charge is 0.475 e. The summed E-state index contributed by atoms with van der Waals surface area (Å²) in [6.07, 6.45) is -0.757. The number of benzene rings is 1. The van der Waals surface area contributed by atoms with Crippen LogP contribution in [0.1, 0.15) is 11.3 Å². The number of halogens is 3. The molecule has 0 radical (unpaired) electrons. The third kappa shape index (κ3) is 7.81. The number of rotatable bonds is 6. The number of hydrogen-bond acceptors (Lipinski definition) is 6. The van der Waals surface area contributed by atoms with Crippen LogP contribution < -0.4 is 10.9 Å². The second-order valence-electron chi connectivity index (χ2n) is 7.63. The van der Waals surface area contributed by atoms with E-state index in [1.54, 1.807) is 12.3 Å². The number of hydrogen-bond donors (Lipinski definition) is 3. The second kappa shape index (κ2) is 11.6. The van der Waals surface area contributed by atoms with Crippen LogP contribution in [0.2, 0.25) is 0 Å². The van der Waals surface area contributed by atoms with Crippen LogP contribution in [0.5, 0.6) is 0 Å². The molecule has 182 valence electrons. The molecule has 0 unspecified atom stereocenters. The lowest BCUT2D eigenvalue weighted by atomic mass is 10.1. The van der Waals surface area contributed by atoms with Gasteiger partial charge in [0.15, 0.2) is 0 Å². The number of nitrogens with zero attached hydrogens (tertiary/aromatic N) is 4. The quantitative estimate of drug-likeness (QED) is 0.496. The van der Waals surface area contributed by atoms with Crippen LogP contribution in [0.15, 0.2) is 53.6 Å². The summed E-state index contributed by atoms with van der Waals surface area (Å²) < 4.78 is 33.6. The zero-order valence-corrected chi connectivity index (χ0v) is 18.3. The van der Waals surface area contributed by atoms with Gasteiger partial charge in [-0.05, 0) is 17.7 Å². The van der Waals surface area contributed by atoms with Gasteiger partial charge in [-0.15, -0.1) is 0 Å². The molecule has 1 fully saturated rings. The lowest BCUT2D eigenvalue weighted by Gasteiger charge is -2.27. The third-order valence-electron chi connectivity index (χ3n) is 5.01. The monoisotopic (exact) mass is 478 g/mol. The van der Waals surface area contributed by atoms with Gasteiger partial charge in [-0.2, -0.15) is 18.3 Å². The summed E-state index contributed by atoms with van der Waals surface area (Å²) in [6.45, 7) is 5.80. The van der Waals surface area contributed by atoms with Crippen molar-refractivity contribution in [3.8, 4) is 11.4 Å². The van der Waals surface area contributed by atoms with Crippen LogP contribution in [-0.4, -0.2) is 68.1 Å². The highest BCUT2D eigenvalue weighted by Gasteiger charge is 2.38. The number of piperazine rings is 1. The number of H-pyrrole nitrogens is 1. The van der Waals surface area contributed by atoms with Gasteiger partial charge >= 0.3 is 12.1 Å². The molecule has 2 aromatic heterocycles. The molecule has 3 heterocycles. The summed E-state index contributed by atoms with van der Waals surface area (Å²) in [7, 11) is 0. The Morgan fingerprint density at radius 2 is 1.88 bits per heavy atom. The Balaban J connectivity index is 0.000000406. The van der Waals surface area contributed by atoms with Gasteiger partial charge in [-0.3, -0.25) is 14.4 Å². The van der Waals surface area contributed by atoms with Crippen molar-refractivity contribution in [1.82, 2.24) is 30.0 Å². The SMILES string of the molecule is O=C(O)C(F)(F)F.O=c1cc(CCn2cccn2)nc(-c2cccc(CN3CCNCC3)c2)[nH]1. The van der Waals surface area contributed by atoms with Crippen molar-refractivity contribution in [2.45, 2.75) is 25.7 Å². The number of aromatic amines is 1. The molecule has 0 atom stereocenters. The Kier molecular flexibility index (Phi) is 8.55. The molecule has 0 spiro atoms. The fourth-order valence-corrected chi connectivity index (χ4v) is 3.38. The highest BCUT2D eigenvalue weighted by molar-refractivity contribution is 5.73. The molecule has 12 heteroatoms. The summed E-state index contributed by atoms with van der Waals surface area (Å²) in [5.41, 5.74) is 2.83. The van der Waals surface area contributed by atoms with Crippen LogP contribution in [0.4, 0.5) is 13.2 Å². The molecule has 1 aromatic carbocycles. The molecule has 0 bridgehead atoms. The fraction of sp³-hybridized carbons (Fsp3) is 0.364. The van der Waals surface area contributed by atoms with E-state index >= 15 is 0 Å². The molecule has 0 aliphatic carbocycles. The van der Waals surface area contributed by atoms with Gasteiger partial charge in [0.05, 0.1) is 5.69 Å². The van der Waals surface area contributed by atoms with Crippen molar-refractivity contribution in [3.63, 3.8) is 0 Å². The Morgan fingerprint density at radius 3 is 2.53 bits per heavy atom. The molecule has 3 N–H and O–H groups in total. The normalized spacial score (nSPS) is 14.3. The minimum atomic E-state index is -5.08. The second-order valence-corrected chi connectivity index (χ2v) is 7.63. The zero-order valence-electron chi connectivity index (χ0n) is 18.3. The predicted molar refractivity (Wildman–Crippen MR) is 118 cm³/mol. The van der Waals surface area contributed by atoms with E-state index in [1.165, 1.54) is 5.56 Å². The van der Waals surface area contributed by atoms with Gasteiger partial charge in [-0.1, -0.05) is 18.2 Å². The van der Waals surface area contributed by atoms with Gasteiger partial charge in [0.2, 0.25) is 0 Å². The van der Waals surface area contributed by atoms with Crippen molar-refractivity contribution < 1.29 is 23.1 Å². The molecule has 9 nitrogen and oxygen atoms in total. The lowest BCUT2D eigenvalue weighted by molar-refractivity contribution is -0.192. The van der Waals surface area contributed by atoms with Crippen LogP contribution >= 0.6 is 0 Å². The van der Waals surface area contributed by atoms with Crippen molar-refractivity contribution >= 4 is 5.97 Å². The maximum absolute atomic E-state index is 12.1. The molecule has 3 aromatic rings. The van der Waals surface area contributed by atoms with E-state index in [-0.39, 0.29) is 5.56 Å². The van der Waals surface area contributed by atoms with Crippen molar-refractivity contribution in [2.75, 3.05) is 26.2 Å². The lowest BCUT2D eigenvalue weighted by Crippen LogP contribution is -2.42. The van der Waals surface area contributed by atoms with Crippen molar-refractivity contribution in [2.24, 2.45) is 0 Å². The van der Waals surface area contributed by atoms with E-state index in [9.17, 15) is 18.0 Å². The first-order valence-electron chi connectivity index (χ1n) is 10.6. The van der Waals surface area contributed by atoms with Gasteiger partial charge < -0.3 is 15.4 Å². The summed E-state index contributed by atoms with van der Waals surface area (Å²) in [6, 6.07) is 11.7. The number of carboxylic acid groups (broad SMARTS) is 1. The highest BCUT2D eigenvalue weighted by Crippen LogP contribution is 2.17. The Morgan fingerprint density at radius 1 is 1.15 bits per heavy atom. The molecule has 1 aliphatic heterocycles. The third-order valence-corrected chi connectivity index (χ3v) is 5.01. The number of aryl methyl sites for hydroxylation is 2. The number of nitrogens with one attached hydrogen (secondary N) is 2. The van der Waals surface area contributed by atoms with Crippen molar-refractivity contribution in [1.29, 1.82) is 0 Å². The number of aromatic nitrogens is 4. The van der Waals surface area contributed by atoms with E-state index in [2.05, 4.69) is 37.4 Å². The Hall–Kier alpha value is -3.51. The molecular formula is C22H25F3N6O3. The fourth-order valence-electron chi connectivity index (χ4n) is 3.38. The number of carboxylic acids is 1. The first kappa shape index (κ1) is 25.1. The number of carbonyl (C=O) groups is 1. The van der Waals surface area contributed by atoms with Gasteiger partial charge in [0, 0.05) is 69.7 Å². The van der Waals surface area contributed by atoms with E-state index in [0.717, 1.165) is 44.0 Å². The average Bonchev–Trinajstić information content (AvgIpc) is 3.32. The maximum Gasteiger partial charge on any atom is 0.490 e. The van der Waals surface area contributed by atoms with Crippen LogP contribution in [0.25, 0.3) is 11.4 Å². The molecule has 0 amide bonds. The first-order valence-corrected chi connectivity index (χ1v) is 10.6. The van der Waals surface area contributed by atoms with E-state index < -0.39 is 12.1 Å². The minimum Gasteiger partial charge on any atom is -0.475 e. The van der Waals surface area contributed by atoms with E-state index in [4.69, 9.17) is 9.90 Å². The molecular weight excluding hydrogens is 453 g/mol. The minimum absolute atomic E-state index is 0.122. The molecule has 1 aliphatic rings. The zero-order chi connectivity index (χ0) is 24.6. The summed E-state index contributed by atoms with van der Waals surface area (Å²) in [5.74, 6) is -2.13. The largest absolute Gasteiger partial charge is 0.490 e. The number of alkyl halides is 3. The van der Waals surface area contributed by atoms with Crippen LogP contribution in [-0.2, 0) is 24.3 Å².